The topological polar surface area (TPSA) is 138 Å². The van der Waals surface area contributed by atoms with Crippen LogP contribution in [0.15, 0.2) is 71.7 Å². The second kappa shape index (κ2) is 10.3. The van der Waals surface area contributed by atoms with E-state index >= 15 is 0 Å². The van der Waals surface area contributed by atoms with Crippen LogP contribution in [0.2, 0.25) is 0 Å². The summed E-state index contributed by atoms with van der Waals surface area (Å²) < 4.78 is 4.67. The van der Waals surface area contributed by atoms with Crippen molar-refractivity contribution in [2.45, 2.75) is 26.8 Å². The Labute approximate surface area is 240 Å². The molecule has 0 saturated heterocycles. The second-order valence-electron chi connectivity index (χ2n) is 9.95. The number of benzene rings is 2. The monoisotopic (exact) mass is 557 g/mol. The summed E-state index contributed by atoms with van der Waals surface area (Å²) in [6.07, 6.45) is 1.70. The Kier molecular flexibility index (Phi) is 6.51. The molecule has 4 aromatic heterocycles. The first kappa shape index (κ1) is 26.5. The van der Waals surface area contributed by atoms with E-state index in [0.717, 1.165) is 11.3 Å². The highest BCUT2D eigenvalue weighted by Gasteiger charge is 2.24. The van der Waals surface area contributed by atoms with Crippen molar-refractivity contribution in [2.24, 2.45) is 7.05 Å². The number of anilines is 1. The predicted octanol–water partition coefficient (Wildman–Crippen LogP) is 3.25. The molecule has 0 aliphatic rings. The molecule has 1 amide bonds. The van der Waals surface area contributed by atoms with Gasteiger partial charge in [0.25, 0.3) is 11.5 Å². The van der Waals surface area contributed by atoms with Crippen molar-refractivity contribution in [3.8, 4) is 17.5 Å². The third-order valence-electron chi connectivity index (χ3n) is 7.09. The smallest absolute Gasteiger partial charge is 0.274 e. The van der Waals surface area contributed by atoms with Gasteiger partial charge in [0.05, 0.1) is 45.8 Å². The number of nitrogens with two attached hydrogens (primary N) is 1. The lowest BCUT2D eigenvalue weighted by Gasteiger charge is -2.20. The van der Waals surface area contributed by atoms with Crippen LogP contribution >= 0.6 is 0 Å². The highest BCUT2D eigenvalue weighted by molar-refractivity contribution is 5.98. The lowest BCUT2D eigenvalue weighted by atomic mass is 10.1. The standard InChI is InChI=1S/C31H27N9O2/c1-18-13-16-25-36-28(32)27(40(25)37-18)30(41)34-19(2)29-35-24-12-8-9-21(14-15-22-17-33-38(4)20(22)3)26(24)31(42)39(29)23-10-6-5-7-11-23/h5-13,16-17,19H,32H2,1-4H3,(H,34,41). The van der Waals surface area contributed by atoms with Crippen LogP contribution in [0.5, 0.6) is 0 Å². The number of rotatable bonds is 4. The Balaban J connectivity index is 1.48. The number of aromatic nitrogens is 7. The van der Waals surface area contributed by atoms with Gasteiger partial charge in [0.1, 0.15) is 5.82 Å². The summed E-state index contributed by atoms with van der Waals surface area (Å²) >= 11 is 0. The lowest BCUT2D eigenvalue weighted by Crippen LogP contribution is -2.34. The van der Waals surface area contributed by atoms with Gasteiger partial charge >= 0.3 is 0 Å². The van der Waals surface area contributed by atoms with Crippen LogP contribution < -0.4 is 16.6 Å². The van der Waals surface area contributed by atoms with Crippen molar-refractivity contribution < 1.29 is 4.79 Å². The van der Waals surface area contributed by atoms with E-state index in [-0.39, 0.29) is 17.1 Å². The zero-order valence-corrected chi connectivity index (χ0v) is 23.5. The van der Waals surface area contributed by atoms with E-state index in [1.165, 1.54) is 9.08 Å². The Hall–Kier alpha value is -5.76. The lowest BCUT2D eigenvalue weighted by molar-refractivity contribution is 0.0931. The molecule has 6 aromatic rings. The molecule has 11 nitrogen and oxygen atoms in total. The van der Waals surface area contributed by atoms with E-state index in [9.17, 15) is 9.59 Å². The first-order valence-corrected chi connectivity index (χ1v) is 13.3. The summed E-state index contributed by atoms with van der Waals surface area (Å²) in [4.78, 5) is 36.9. The number of hydrogen-bond acceptors (Lipinski definition) is 7. The van der Waals surface area contributed by atoms with Crippen LogP contribution in [0.3, 0.4) is 0 Å². The largest absolute Gasteiger partial charge is 0.382 e. The highest BCUT2D eigenvalue weighted by Crippen LogP contribution is 2.22. The number of carbonyl (C=O) groups excluding carboxylic acids is 1. The van der Waals surface area contributed by atoms with Crippen LogP contribution in [0, 0.1) is 25.7 Å². The molecule has 2 aromatic carbocycles. The number of nitrogens with one attached hydrogen (secondary N) is 1. The van der Waals surface area contributed by atoms with Crippen molar-refractivity contribution in [3.63, 3.8) is 0 Å². The molecule has 3 N–H and O–H groups in total. The van der Waals surface area contributed by atoms with Gasteiger partial charge in [0, 0.05) is 12.6 Å². The SMILES string of the molecule is Cc1ccc2nc(N)c(C(=O)NC(C)c3nc4cccc(C#Cc5cnn(C)c5C)c4c(=O)n3-c3ccccc3)n2n1. The summed E-state index contributed by atoms with van der Waals surface area (Å²) in [5, 5.41) is 12.0. The van der Waals surface area contributed by atoms with Crippen molar-refractivity contribution in [1.29, 1.82) is 0 Å². The molecule has 208 valence electrons. The Morgan fingerprint density at radius 3 is 2.48 bits per heavy atom. The molecule has 42 heavy (non-hydrogen) atoms. The molecule has 0 spiro atoms. The molecule has 0 bridgehead atoms. The van der Waals surface area contributed by atoms with Gasteiger partial charge in [-0.05, 0) is 57.2 Å². The number of amides is 1. The molecule has 11 heteroatoms. The predicted molar refractivity (Wildman–Crippen MR) is 159 cm³/mol. The number of nitrogen functional groups attached to an aromatic ring is 1. The van der Waals surface area contributed by atoms with Gasteiger partial charge in [0.2, 0.25) is 0 Å². The number of carbonyl (C=O) groups is 1. The fraction of sp³-hybridized carbons (Fsp3) is 0.161. The Bertz CT molecular complexity index is 2130. The molecule has 4 heterocycles. The summed E-state index contributed by atoms with van der Waals surface area (Å²) in [5.41, 5.74) is 10.4. The van der Waals surface area contributed by atoms with Crippen LogP contribution in [-0.4, -0.2) is 39.8 Å². The maximum absolute atomic E-state index is 14.2. The third-order valence-corrected chi connectivity index (χ3v) is 7.09. The number of hydrogen-bond donors (Lipinski definition) is 2. The van der Waals surface area contributed by atoms with E-state index in [1.54, 1.807) is 42.1 Å². The van der Waals surface area contributed by atoms with Crippen molar-refractivity contribution in [3.05, 3.63) is 111 Å². The van der Waals surface area contributed by atoms with Gasteiger partial charge < -0.3 is 11.1 Å². The van der Waals surface area contributed by atoms with E-state index in [4.69, 9.17) is 10.7 Å². The first-order chi connectivity index (χ1) is 20.2. The molecule has 1 unspecified atom stereocenters. The molecule has 1 atom stereocenters. The zero-order chi connectivity index (χ0) is 29.5. The van der Waals surface area contributed by atoms with Gasteiger partial charge in [-0.25, -0.2) is 14.5 Å². The molecular weight excluding hydrogens is 530 g/mol. The van der Waals surface area contributed by atoms with Crippen LogP contribution in [0.25, 0.3) is 22.2 Å². The average molecular weight is 558 g/mol. The van der Waals surface area contributed by atoms with Crippen LogP contribution in [0.1, 0.15) is 51.8 Å². The number of fused-ring (bicyclic) bond motifs is 2. The minimum Gasteiger partial charge on any atom is -0.382 e. The van der Waals surface area contributed by atoms with Crippen molar-refractivity contribution in [2.75, 3.05) is 5.73 Å². The zero-order valence-electron chi connectivity index (χ0n) is 23.5. The number of imidazole rings is 1. The number of aryl methyl sites for hydroxylation is 2. The summed E-state index contributed by atoms with van der Waals surface area (Å²) in [6.45, 7) is 5.51. The normalized spacial score (nSPS) is 11.8. The van der Waals surface area contributed by atoms with E-state index < -0.39 is 11.9 Å². The first-order valence-electron chi connectivity index (χ1n) is 13.3. The summed E-state index contributed by atoms with van der Waals surface area (Å²) in [7, 11) is 1.85. The molecule has 0 aliphatic heterocycles. The molecule has 0 saturated carbocycles. The quantitative estimate of drug-likeness (QED) is 0.317. The molecule has 0 aliphatic carbocycles. The van der Waals surface area contributed by atoms with Crippen LogP contribution in [0.4, 0.5) is 5.82 Å². The minimum atomic E-state index is -0.697. The van der Waals surface area contributed by atoms with Gasteiger partial charge in [-0.3, -0.25) is 18.8 Å². The fourth-order valence-corrected chi connectivity index (χ4v) is 4.81. The van der Waals surface area contributed by atoms with Gasteiger partial charge in [-0.2, -0.15) is 10.2 Å². The van der Waals surface area contributed by atoms with Gasteiger partial charge in [-0.1, -0.05) is 36.1 Å². The Morgan fingerprint density at radius 2 is 1.74 bits per heavy atom. The molecular formula is C31H27N9O2. The summed E-state index contributed by atoms with van der Waals surface area (Å²) in [5.74, 6) is 6.19. The van der Waals surface area contributed by atoms with Gasteiger partial charge in [0.15, 0.2) is 17.2 Å². The minimum absolute atomic E-state index is 0.0526. The maximum Gasteiger partial charge on any atom is 0.274 e. The molecule has 0 radical (unpaired) electrons. The van der Waals surface area contributed by atoms with Crippen LogP contribution in [-0.2, 0) is 7.05 Å². The highest BCUT2D eigenvalue weighted by atomic mass is 16.2. The van der Waals surface area contributed by atoms with Crippen molar-refractivity contribution >= 4 is 28.3 Å². The second-order valence-corrected chi connectivity index (χ2v) is 9.95. The van der Waals surface area contributed by atoms with E-state index in [2.05, 4.69) is 32.3 Å². The maximum atomic E-state index is 14.2. The number of para-hydroxylation sites is 1. The Morgan fingerprint density at radius 1 is 0.976 bits per heavy atom. The van der Waals surface area contributed by atoms with E-state index in [1.807, 2.05) is 57.3 Å². The van der Waals surface area contributed by atoms with Gasteiger partial charge in [-0.15, -0.1) is 0 Å². The van der Waals surface area contributed by atoms with Crippen molar-refractivity contribution in [1.82, 2.24) is 39.2 Å². The number of nitrogens with zero attached hydrogens (tertiary/aromatic N) is 7. The fourth-order valence-electron chi connectivity index (χ4n) is 4.81. The average Bonchev–Trinajstić information content (AvgIpc) is 3.48. The molecule has 6 rings (SSSR count). The summed E-state index contributed by atoms with van der Waals surface area (Å²) in [6, 6.07) is 17.4. The van der Waals surface area contributed by atoms with E-state index in [0.29, 0.717) is 39.3 Å². The molecule has 0 fully saturated rings. The third kappa shape index (κ3) is 4.54.